The van der Waals surface area contributed by atoms with Gasteiger partial charge < -0.3 is 20.0 Å². The first-order valence-electron chi connectivity index (χ1n) is 7.21. The molecule has 4 rings (SSSR count). The fraction of sp³-hybridized carbons (Fsp3) is 0.615. The molecule has 0 unspecified atom stereocenters. The van der Waals surface area contributed by atoms with Gasteiger partial charge in [0.25, 0.3) is 0 Å². The monoisotopic (exact) mass is 291 g/mol. The largest absolute Gasteiger partial charge is 0.394 e. The predicted octanol–water partition coefficient (Wildman–Crippen LogP) is 0.327. The molecule has 3 heterocycles. The third-order valence-corrected chi connectivity index (χ3v) is 3.72. The summed E-state index contributed by atoms with van der Waals surface area (Å²) in [7, 11) is 0. The zero-order chi connectivity index (χ0) is 14.2. The van der Waals surface area contributed by atoms with Crippen LogP contribution in [0.2, 0.25) is 0 Å². The van der Waals surface area contributed by atoms with Crippen LogP contribution in [0.25, 0.3) is 11.2 Å². The number of ether oxygens (including phenoxy) is 1. The number of anilines is 1. The summed E-state index contributed by atoms with van der Waals surface area (Å²) >= 11 is 0. The number of aliphatic hydroxyl groups is 1. The normalized spacial score (nSPS) is 25.4. The first kappa shape index (κ1) is 12.8. The number of fused-ring (bicyclic) bond motifs is 1. The Kier molecular flexibility index (Phi) is 3.12. The average Bonchev–Trinajstić information content (AvgIpc) is 3.05. The van der Waals surface area contributed by atoms with E-state index < -0.39 is 0 Å². The number of aliphatic hydroxyl groups excluding tert-OH is 1. The Balaban J connectivity index is 1.55. The minimum absolute atomic E-state index is 0.0160. The van der Waals surface area contributed by atoms with Crippen LogP contribution in [0.3, 0.4) is 0 Å². The lowest BCUT2D eigenvalue weighted by molar-refractivity contribution is -0.140. The highest BCUT2D eigenvalue weighted by Crippen LogP contribution is 2.27. The number of nitrogens with one attached hydrogen (secondary N) is 1. The molecule has 1 aliphatic carbocycles. The molecule has 2 aliphatic rings. The Morgan fingerprint density at radius 1 is 1.29 bits per heavy atom. The van der Waals surface area contributed by atoms with E-state index in [-0.39, 0.29) is 19.0 Å². The molecule has 0 aromatic carbocycles. The summed E-state index contributed by atoms with van der Waals surface area (Å²) in [6, 6.07) is 0.498. The van der Waals surface area contributed by atoms with E-state index in [4.69, 9.17) is 14.7 Å². The second-order valence-corrected chi connectivity index (χ2v) is 5.44. The van der Waals surface area contributed by atoms with Crippen molar-refractivity contribution in [1.29, 1.82) is 0 Å². The second-order valence-electron chi connectivity index (χ2n) is 5.44. The molecule has 1 saturated carbocycles. The predicted molar refractivity (Wildman–Crippen MR) is 73.5 cm³/mol. The lowest BCUT2D eigenvalue weighted by Gasteiger charge is -2.14. The van der Waals surface area contributed by atoms with Crippen LogP contribution in [0.1, 0.15) is 25.7 Å². The van der Waals surface area contributed by atoms with E-state index in [1.54, 1.807) is 6.33 Å². The van der Waals surface area contributed by atoms with Gasteiger partial charge in [-0.05, 0) is 19.3 Å². The molecular formula is C13H17N5O3. The van der Waals surface area contributed by atoms with E-state index in [0.29, 0.717) is 17.2 Å². The van der Waals surface area contributed by atoms with Crippen LogP contribution in [-0.4, -0.2) is 49.8 Å². The molecule has 1 aliphatic heterocycles. The topological polar surface area (TPSA) is 94.3 Å². The first-order valence-corrected chi connectivity index (χ1v) is 7.21. The molecule has 2 N–H and O–H groups in total. The van der Waals surface area contributed by atoms with E-state index in [1.807, 2.05) is 0 Å². The van der Waals surface area contributed by atoms with Crippen molar-refractivity contribution in [1.82, 2.24) is 19.7 Å². The van der Waals surface area contributed by atoms with Crippen molar-refractivity contribution in [3.05, 3.63) is 12.7 Å². The summed E-state index contributed by atoms with van der Waals surface area (Å²) in [5.41, 5.74) is 1.31. The van der Waals surface area contributed by atoms with Crippen LogP contribution in [0, 0.1) is 0 Å². The van der Waals surface area contributed by atoms with E-state index >= 15 is 0 Å². The molecule has 2 aromatic heterocycles. The van der Waals surface area contributed by atoms with Gasteiger partial charge >= 0.3 is 0 Å². The molecular weight excluding hydrogens is 274 g/mol. The maximum Gasteiger partial charge on any atom is 0.225 e. The van der Waals surface area contributed by atoms with Crippen molar-refractivity contribution in [2.45, 2.75) is 44.1 Å². The van der Waals surface area contributed by atoms with Crippen LogP contribution in [0.15, 0.2) is 12.7 Å². The smallest absolute Gasteiger partial charge is 0.225 e. The Bertz CT molecular complexity index is 642. The molecule has 0 radical (unpaired) electrons. The summed E-state index contributed by atoms with van der Waals surface area (Å²) in [4.78, 5) is 18.5. The Morgan fingerprint density at radius 2 is 2.19 bits per heavy atom. The van der Waals surface area contributed by atoms with Crippen molar-refractivity contribution in [2.75, 3.05) is 11.9 Å². The molecule has 2 atom stereocenters. The lowest BCUT2D eigenvalue weighted by Crippen LogP contribution is -2.26. The highest BCUT2D eigenvalue weighted by molar-refractivity contribution is 5.82. The number of hydrogen-bond acceptors (Lipinski definition) is 7. The summed E-state index contributed by atoms with van der Waals surface area (Å²) in [5, 5.41) is 12.4. The standard InChI is InChI=1S/C13H17N5O3/c19-5-9-3-4-10(20-9)21-18-7-16-11-12(17-8-1-2-8)14-6-15-13(11)18/h6-10,19H,1-5H2,(H,14,15,17)/t9-,10+/m0/s1. The van der Waals surface area contributed by atoms with E-state index in [1.165, 1.54) is 23.9 Å². The van der Waals surface area contributed by atoms with Crippen LogP contribution in [0.5, 0.6) is 0 Å². The highest BCUT2D eigenvalue weighted by Gasteiger charge is 2.28. The minimum atomic E-state index is -0.380. The van der Waals surface area contributed by atoms with Gasteiger partial charge in [-0.25, -0.2) is 15.0 Å². The highest BCUT2D eigenvalue weighted by atomic mass is 16.8. The van der Waals surface area contributed by atoms with Crippen LogP contribution < -0.4 is 10.2 Å². The Morgan fingerprint density at radius 3 is 2.95 bits per heavy atom. The third kappa shape index (κ3) is 2.52. The van der Waals surface area contributed by atoms with Crippen LogP contribution in [0.4, 0.5) is 5.82 Å². The van der Waals surface area contributed by atoms with Gasteiger partial charge in [0.05, 0.1) is 12.7 Å². The van der Waals surface area contributed by atoms with E-state index in [0.717, 1.165) is 18.7 Å². The number of hydrogen-bond donors (Lipinski definition) is 2. The molecule has 1 saturated heterocycles. The van der Waals surface area contributed by atoms with Crippen LogP contribution in [-0.2, 0) is 4.74 Å². The quantitative estimate of drug-likeness (QED) is 0.819. The van der Waals surface area contributed by atoms with Crippen molar-refractivity contribution in [3.63, 3.8) is 0 Å². The maximum absolute atomic E-state index is 9.08. The molecule has 112 valence electrons. The van der Waals surface area contributed by atoms with Crippen molar-refractivity contribution in [3.8, 4) is 0 Å². The molecule has 0 amide bonds. The Hall–Kier alpha value is -1.93. The molecule has 21 heavy (non-hydrogen) atoms. The van der Waals surface area contributed by atoms with E-state index in [2.05, 4.69) is 20.3 Å². The zero-order valence-electron chi connectivity index (χ0n) is 11.5. The number of aromatic nitrogens is 4. The first-order chi connectivity index (χ1) is 10.3. The van der Waals surface area contributed by atoms with Gasteiger partial charge in [-0.15, -0.1) is 4.73 Å². The molecule has 0 bridgehead atoms. The average molecular weight is 291 g/mol. The zero-order valence-corrected chi connectivity index (χ0v) is 11.5. The SMILES string of the molecule is OC[C@@H]1CC[C@@H](On2cnc3c(NC4CC4)ncnc32)O1. The number of nitrogens with zero attached hydrogens (tertiary/aromatic N) is 4. The molecule has 0 spiro atoms. The van der Waals surface area contributed by atoms with Gasteiger partial charge in [0.1, 0.15) is 12.7 Å². The van der Waals surface area contributed by atoms with Gasteiger partial charge in [-0.3, -0.25) is 0 Å². The van der Waals surface area contributed by atoms with Gasteiger partial charge in [-0.1, -0.05) is 0 Å². The van der Waals surface area contributed by atoms with Gasteiger partial charge in [0.15, 0.2) is 11.3 Å². The molecule has 2 fully saturated rings. The number of imidazole rings is 1. The molecule has 8 nitrogen and oxygen atoms in total. The summed E-state index contributed by atoms with van der Waals surface area (Å²) < 4.78 is 7.07. The van der Waals surface area contributed by atoms with Crippen molar-refractivity contribution < 1.29 is 14.7 Å². The maximum atomic E-state index is 9.08. The fourth-order valence-corrected chi connectivity index (χ4v) is 2.43. The number of rotatable bonds is 5. The summed E-state index contributed by atoms with van der Waals surface area (Å²) in [5.74, 6) is 0.741. The molecule has 2 aromatic rings. The summed E-state index contributed by atoms with van der Waals surface area (Å²) in [6.07, 6.45) is 6.41. The second kappa shape index (κ2) is 5.12. The van der Waals surface area contributed by atoms with Gasteiger partial charge in [0.2, 0.25) is 11.9 Å². The Labute approximate surface area is 121 Å². The minimum Gasteiger partial charge on any atom is -0.394 e. The van der Waals surface area contributed by atoms with Gasteiger partial charge in [-0.2, -0.15) is 0 Å². The third-order valence-electron chi connectivity index (χ3n) is 3.72. The van der Waals surface area contributed by atoms with Gasteiger partial charge in [0, 0.05) is 12.5 Å². The van der Waals surface area contributed by atoms with E-state index in [9.17, 15) is 0 Å². The van der Waals surface area contributed by atoms with Crippen molar-refractivity contribution in [2.24, 2.45) is 0 Å². The fourth-order valence-electron chi connectivity index (χ4n) is 2.43. The van der Waals surface area contributed by atoms with Crippen LogP contribution >= 0.6 is 0 Å². The summed E-state index contributed by atoms with van der Waals surface area (Å²) in [6.45, 7) is 0.0160. The molecule has 8 heteroatoms. The van der Waals surface area contributed by atoms with Crippen molar-refractivity contribution >= 4 is 17.0 Å². The lowest BCUT2D eigenvalue weighted by atomic mass is 10.2.